The first-order valence-electron chi connectivity index (χ1n) is 7.76. The summed E-state index contributed by atoms with van der Waals surface area (Å²) in [6.07, 6.45) is 4.85. The van der Waals surface area contributed by atoms with Crippen molar-refractivity contribution in [1.82, 2.24) is 19.6 Å². The molecule has 1 aromatic carbocycles. The third-order valence-electron chi connectivity index (χ3n) is 3.92. The zero-order valence-electron chi connectivity index (χ0n) is 14.1. The molecule has 136 valence electrons. The van der Waals surface area contributed by atoms with Gasteiger partial charge in [-0.2, -0.15) is 10.2 Å². The lowest BCUT2D eigenvalue weighted by molar-refractivity contribution is -0.123. The Kier molecular flexibility index (Phi) is 5.15. The molecule has 3 aromatic rings. The molecule has 9 heteroatoms. The van der Waals surface area contributed by atoms with E-state index in [0.29, 0.717) is 5.56 Å². The molecular weight excluding hydrogens is 425 g/mol. The second kappa shape index (κ2) is 7.20. The van der Waals surface area contributed by atoms with Gasteiger partial charge in [0.2, 0.25) is 0 Å². The molecule has 3 rings (SSSR count). The van der Waals surface area contributed by atoms with E-state index in [1.54, 1.807) is 50.6 Å². The molecule has 1 amide bonds. The van der Waals surface area contributed by atoms with Crippen molar-refractivity contribution >= 4 is 39.3 Å². The van der Waals surface area contributed by atoms with Crippen LogP contribution in [0, 0.1) is 5.82 Å². The number of nitrogens with zero attached hydrogens (tertiary/aromatic N) is 4. The van der Waals surface area contributed by atoms with Crippen LogP contribution < -0.4 is 5.32 Å². The number of nitrogens with one attached hydrogen (secondary N) is 1. The predicted octanol–water partition coefficient (Wildman–Crippen LogP) is 4.06. The van der Waals surface area contributed by atoms with Gasteiger partial charge in [0.15, 0.2) is 5.82 Å². The third-order valence-corrected chi connectivity index (χ3v) is 4.60. The van der Waals surface area contributed by atoms with Gasteiger partial charge in [0.05, 0.1) is 17.2 Å². The van der Waals surface area contributed by atoms with Crippen molar-refractivity contribution in [2.45, 2.75) is 25.9 Å². The molecular formula is C17H16BrClFN5O. The van der Waals surface area contributed by atoms with Crippen molar-refractivity contribution in [3.8, 4) is 0 Å². The largest absolute Gasteiger partial charge is 0.306 e. The first-order valence-corrected chi connectivity index (χ1v) is 8.93. The van der Waals surface area contributed by atoms with Crippen molar-refractivity contribution in [3.63, 3.8) is 0 Å². The monoisotopic (exact) mass is 439 g/mol. The van der Waals surface area contributed by atoms with Gasteiger partial charge in [-0.15, -0.1) is 0 Å². The summed E-state index contributed by atoms with van der Waals surface area (Å²) in [6.45, 7) is 3.66. The molecule has 2 heterocycles. The summed E-state index contributed by atoms with van der Waals surface area (Å²) in [4.78, 5) is 12.7. The predicted molar refractivity (Wildman–Crippen MR) is 101 cm³/mol. The van der Waals surface area contributed by atoms with Crippen molar-refractivity contribution in [2.75, 3.05) is 5.32 Å². The maximum Gasteiger partial charge on any atom is 0.253 e. The first-order chi connectivity index (χ1) is 12.3. The zero-order chi connectivity index (χ0) is 18.9. The lowest BCUT2D eigenvalue weighted by Crippen LogP contribution is -2.40. The van der Waals surface area contributed by atoms with E-state index >= 15 is 0 Å². The molecule has 0 aliphatic carbocycles. The van der Waals surface area contributed by atoms with Crippen molar-refractivity contribution in [2.24, 2.45) is 0 Å². The van der Waals surface area contributed by atoms with Gasteiger partial charge in [-0.25, -0.2) is 4.39 Å². The van der Waals surface area contributed by atoms with Crippen LogP contribution in [0.4, 0.5) is 10.2 Å². The fourth-order valence-corrected chi connectivity index (χ4v) is 2.82. The van der Waals surface area contributed by atoms with Crippen LogP contribution in [0.2, 0.25) is 5.02 Å². The Morgan fingerprint density at radius 1 is 1.35 bits per heavy atom. The summed E-state index contributed by atoms with van der Waals surface area (Å²) in [5.74, 6) is -0.437. The van der Waals surface area contributed by atoms with Crippen LogP contribution in [-0.2, 0) is 16.9 Å². The quantitative estimate of drug-likeness (QED) is 0.651. The van der Waals surface area contributed by atoms with Crippen LogP contribution in [-0.4, -0.2) is 25.5 Å². The zero-order valence-corrected chi connectivity index (χ0v) is 16.4. The summed E-state index contributed by atoms with van der Waals surface area (Å²) in [5.41, 5.74) is -0.476. The Bertz CT molecular complexity index is 952. The second-order valence-corrected chi connectivity index (χ2v) is 7.55. The minimum absolute atomic E-state index is 0.206. The highest BCUT2D eigenvalue weighted by molar-refractivity contribution is 9.10. The number of benzene rings is 1. The standard InChI is InChI=1S/C17H16BrClFN5O/c1-17(2,25-9-12(18)7-21-25)16(26)22-15-13(19)10-24(23-15)8-11-5-3-4-6-14(11)20/h3-7,9-10H,8H2,1-2H3,(H,22,23,26). The molecule has 0 atom stereocenters. The number of hydrogen-bond donors (Lipinski definition) is 1. The number of hydrogen-bond acceptors (Lipinski definition) is 3. The Morgan fingerprint density at radius 2 is 2.08 bits per heavy atom. The van der Waals surface area contributed by atoms with E-state index in [1.807, 2.05) is 0 Å². The average Bonchev–Trinajstić information content (AvgIpc) is 3.16. The number of anilines is 1. The van der Waals surface area contributed by atoms with Gasteiger partial charge in [-0.05, 0) is 35.8 Å². The summed E-state index contributed by atoms with van der Waals surface area (Å²) in [6, 6.07) is 6.42. The average molecular weight is 441 g/mol. The van der Waals surface area contributed by atoms with Crippen LogP contribution in [0.3, 0.4) is 0 Å². The summed E-state index contributed by atoms with van der Waals surface area (Å²) < 4.78 is 17.6. The van der Waals surface area contributed by atoms with Crippen molar-refractivity contribution in [1.29, 1.82) is 0 Å². The van der Waals surface area contributed by atoms with Gasteiger partial charge in [-0.1, -0.05) is 29.8 Å². The molecule has 0 fully saturated rings. The van der Waals surface area contributed by atoms with Gasteiger partial charge in [0.1, 0.15) is 16.4 Å². The maximum absolute atomic E-state index is 13.8. The Balaban J connectivity index is 1.77. The highest BCUT2D eigenvalue weighted by atomic mass is 79.9. The van der Waals surface area contributed by atoms with E-state index in [0.717, 1.165) is 4.47 Å². The number of amides is 1. The lowest BCUT2D eigenvalue weighted by Gasteiger charge is -2.23. The van der Waals surface area contributed by atoms with Crippen LogP contribution in [0.15, 0.2) is 47.3 Å². The lowest BCUT2D eigenvalue weighted by atomic mass is 10.1. The van der Waals surface area contributed by atoms with Gasteiger partial charge in [0.25, 0.3) is 5.91 Å². The number of rotatable bonds is 5. The number of carbonyl (C=O) groups excluding carboxylic acids is 1. The molecule has 26 heavy (non-hydrogen) atoms. The molecule has 0 spiro atoms. The van der Waals surface area contributed by atoms with E-state index in [4.69, 9.17) is 11.6 Å². The summed E-state index contributed by atoms with van der Waals surface area (Å²) >= 11 is 9.48. The maximum atomic E-state index is 13.8. The van der Waals surface area contributed by atoms with Gasteiger partial charge in [0, 0.05) is 18.0 Å². The fraction of sp³-hybridized carbons (Fsp3) is 0.235. The molecule has 1 N–H and O–H groups in total. The summed E-state index contributed by atoms with van der Waals surface area (Å²) in [5, 5.41) is 11.4. The Hall–Kier alpha value is -2.19. The van der Waals surface area contributed by atoms with Crippen LogP contribution in [0.25, 0.3) is 0 Å². The summed E-state index contributed by atoms with van der Waals surface area (Å²) in [7, 11) is 0. The molecule has 2 aromatic heterocycles. The fourth-order valence-electron chi connectivity index (χ4n) is 2.33. The van der Waals surface area contributed by atoms with E-state index < -0.39 is 5.54 Å². The van der Waals surface area contributed by atoms with Crippen LogP contribution in [0.1, 0.15) is 19.4 Å². The van der Waals surface area contributed by atoms with E-state index in [-0.39, 0.29) is 29.1 Å². The number of carbonyl (C=O) groups is 1. The van der Waals surface area contributed by atoms with E-state index in [1.165, 1.54) is 15.4 Å². The van der Waals surface area contributed by atoms with E-state index in [2.05, 4.69) is 31.4 Å². The van der Waals surface area contributed by atoms with Gasteiger partial charge >= 0.3 is 0 Å². The molecule has 0 radical (unpaired) electrons. The van der Waals surface area contributed by atoms with Gasteiger partial charge < -0.3 is 5.32 Å². The molecule has 6 nitrogen and oxygen atoms in total. The first kappa shape index (κ1) is 18.6. The van der Waals surface area contributed by atoms with Crippen LogP contribution in [0.5, 0.6) is 0 Å². The molecule has 0 saturated heterocycles. The second-order valence-electron chi connectivity index (χ2n) is 6.23. The number of halogens is 3. The van der Waals surface area contributed by atoms with E-state index in [9.17, 15) is 9.18 Å². The highest BCUT2D eigenvalue weighted by Gasteiger charge is 2.31. The smallest absolute Gasteiger partial charge is 0.253 e. The molecule has 0 bridgehead atoms. The molecule has 0 unspecified atom stereocenters. The molecule has 0 aliphatic heterocycles. The minimum Gasteiger partial charge on any atom is -0.306 e. The normalized spacial score (nSPS) is 11.6. The van der Waals surface area contributed by atoms with Gasteiger partial charge in [-0.3, -0.25) is 14.2 Å². The van der Waals surface area contributed by atoms with Crippen molar-refractivity contribution < 1.29 is 9.18 Å². The molecule has 0 saturated carbocycles. The third kappa shape index (κ3) is 3.81. The Morgan fingerprint density at radius 3 is 2.73 bits per heavy atom. The Labute approximate surface area is 163 Å². The molecule has 0 aliphatic rings. The number of aromatic nitrogens is 4. The SMILES string of the molecule is CC(C)(C(=O)Nc1nn(Cc2ccccc2F)cc1Cl)n1cc(Br)cn1. The van der Waals surface area contributed by atoms with Crippen molar-refractivity contribution in [3.05, 3.63) is 63.7 Å². The highest BCUT2D eigenvalue weighted by Crippen LogP contribution is 2.24. The topological polar surface area (TPSA) is 64.7 Å². The van der Waals surface area contributed by atoms with Crippen LogP contribution >= 0.6 is 27.5 Å². The minimum atomic E-state index is -0.954.